The second-order valence-corrected chi connectivity index (χ2v) is 1.27. The molecule has 0 aliphatic rings. The Morgan fingerprint density at radius 1 is 1.38 bits per heavy atom. The summed E-state index contributed by atoms with van der Waals surface area (Å²) in [4.78, 5) is 0. The van der Waals surface area contributed by atoms with Gasteiger partial charge in [-0.25, -0.2) is 0 Å². The molecule has 0 saturated carbocycles. The first kappa shape index (κ1) is 16.1. The van der Waals surface area contributed by atoms with Gasteiger partial charge in [0.1, 0.15) is 0 Å². The van der Waals surface area contributed by atoms with Crippen molar-refractivity contribution < 1.29 is 49.7 Å². The summed E-state index contributed by atoms with van der Waals surface area (Å²) >= 11 is 0. The van der Waals surface area contributed by atoms with E-state index in [9.17, 15) is 0 Å². The van der Waals surface area contributed by atoms with Crippen molar-refractivity contribution in [1.29, 1.82) is 0 Å². The molecule has 2 radical (unpaired) electrons. The second-order valence-electron chi connectivity index (χ2n) is 1.27. The van der Waals surface area contributed by atoms with Crippen molar-refractivity contribution >= 4 is 0 Å². The molecule has 60 valence electrons. The van der Waals surface area contributed by atoms with Gasteiger partial charge in [0.15, 0.2) is 6.29 Å². The van der Waals surface area contributed by atoms with E-state index in [1.807, 2.05) is 6.92 Å². The molecule has 0 fully saturated rings. The Bertz CT molecular complexity index is 35.2. The van der Waals surface area contributed by atoms with Crippen LogP contribution >= 0.6 is 0 Å². The number of aliphatic hydroxyl groups is 2. The van der Waals surface area contributed by atoms with Gasteiger partial charge in [0.25, 0.3) is 0 Å². The molecule has 0 saturated heterocycles. The van der Waals surface area contributed by atoms with E-state index < -0.39 is 6.29 Å². The quantitative estimate of drug-likeness (QED) is 0.546. The van der Waals surface area contributed by atoms with Crippen molar-refractivity contribution in [3.8, 4) is 0 Å². The first-order chi connectivity index (χ1) is 2.77. The predicted octanol–water partition coefficient (Wildman–Crippen LogP) is 0.0922. The third kappa shape index (κ3) is 15.7. The van der Waals surface area contributed by atoms with Crippen LogP contribution in [0.25, 0.3) is 0 Å². The summed E-state index contributed by atoms with van der Waals surface area (Å²) in [7, 11) is 0. The molecule has 0 aliphatic heterocycles. The first-order valence-electron chi connectivity index (χ1n) is 2.13. The van der Waals surface area contributed by atoms with Crippen LogP contribution in [0.4, 0.5) is 0 Å². The van der Waals surface area contributed by atoms with Gasteiger partial charge in [-0.05, 0) is 6.42 Å². The van der Waals surface area contributed by atoms with Gasteiger partial charge >= 0.3 is 0 Å². The van der Waals surface area contributed by atoms with Crippen molar-refractivity contribution in [3.63, 3.8) is 0 Å². The van der Waals surface area contributed by atoms with E-state index in [1.165, 1.54) is 0 Å². The third-order valence-electron chi connectivity index (χ3n) is 0.547. The summed E-state index contributed by atoms with van der Waals surface area (Å²) in [6, 6.07) is 0. The van der Waals surface area contributed by atoms with E-state index in [1.54, 1.807) is 0 Å². The molecule has 0 bridgehead atoms. The SMILES string of the molecule is CCCC(O)O.[Ag].[Cu]. The molecule has 0 spiro atoms. The Kier molecular flexibility index (Phi) is 22.2. The van der Waals surface area contributed by atoms with Crippen LogP contribution in [0.1, 0.15) is 19.8 Å². The van der Waals surface area contributed by atoms with Crippen LogP contribution < -0.4 is 0 Å². The van der Waals surface area contributed by atoms with Crippen LogP contribution in [-0.4, -0.2) is 16.5 Å². The molecule has 0 atom stereocenters. The summed E-state index contributed by atoms with van der Waals surface area (Å²) in [6.45, 7) is 1.90. The molecule has 0 aromatic heterocycles. The Morgan fingerprint density at radius 3 is 1.75 bits per heavy atom. The van der Waals surface area contributed by atoms with Gasteiger partial charge in [-0.15, -0.1) is 0 Å². The number of hydrogen-bond acceptors (Lipinski definition) is 2. The summed E-state index contributed by atoms with van der Waals surface area (Å²) < 4.78 is 0. The normalized spacial score (nSPS) is 7.50. The van der Waals surface area contributed by atoms with Crippen LogP contribution in [-0.2, 0) is 39.4 Å². The van der Waals surface area contributed by atoms with Crippen molar-refractivity contribution in [2.24, 2.45) is 0 Å². The molecular formula is C4H10AgCuO2. The molecule has 0 amide bonds. The minimum atomic E-state index is -1.10. The fourth-order valence-corrected chi connectivity index (χ4v) is 0.258. The molecule has 2 nitrogen and oxygen atoms in total. The van der Waals surface area contributed by atoms with Crippen LogP contribution in [0.5, 0.6) is 0 Å². The first-order valence-corrected chi connectivity index (χ1v) is 2.13. The van der Waals surface area contributed by atoms with E-state index >= 15 is 0 Å². The maximum atomic E-state index is 8.11. The average molecular weight is 262 g/mol. The average Bonchev–Trinajstić information content (AvgIpc) is 1.35. The van der Waals surface area contributed by atoms with Gasteiger partial charge in [-0.2, -0.15) is 0 Å². The number of rotatable bonds is 2. The molecule has 0 rings (SSSR count). The Hall–Kier alpha value is 1.18. The second kappa shape index (κ2) is 11.0. The Balaban J connectivity index is -0.000000125. The molecule has 0 aromatic carbocycles. The maximum absolute atomic E-state index is 8.11. The van der Waals surface area contributed by atoms with Crippen LogP contribution in [0.15, 0.2) is 0 Å². The van der Waals surface area contributed by atoms with Gasteiger partial charge in [0, 0.05) is 39.4 Å². The van der Waals surface area contributed by atoms with Gasteiger partial charge in [-0.1, -0.05) is 13.3 Å². The molecular weight excluding hydrogens is 251 g/mol. The smallest absolute Gasteiger partial charge is 0.151 e. The summed E-state index contributed by atoms with van der Waals surface area (Å²) in [5.41, 5.74) is 0. The third-order valence-corrected chi connectivity index (χ3v) is 0.547. The van der Waals surface area contributed by atoms with E-state index in [0.717, 1.165) is 6.42 Å². The molecule has 2 N–H and O–H groups in total. The Morgan fingerprint density at radius 2 is 1.75 bits per heavy atom. The largest absolute Gasteiger partial charge is 0.368 e. The summed E-state index contributed by atoms with van der Waals surface area (Å²) in [5.74, 6) is 0. The molecule has 8 heavy (non-hydrogen) atoms. The molecule has 0 aromatic rings. The van der Waals surface area contributed by atoms with Crippen molar-refractivity contribution in [2.45, 2.75) is 26.1 Å². The maximum Gasteiger partial charge on any atom is 0.151 e. The monoisotopic (exact) mass is 260 g/mol. The molecule has 0 unspecified atom stereocenters. The number of aliphatic hydroxyl groups excluding tert-OH is 1. The predicted molar refractivity (Wildman–Crippen MR) is 23.1 cm³/mol. The van der Waals surface area contributed by atoms with E-state index in [2.05, 4.69) is 0 Å². The van der Waals surface area contributed by atoms with Gasteiger partial charge in [0.05, 0.1) is 0 Å². The van der Waals surface area contributed by atoms with Gasteiger partial charge in [-0.3, -0.25) is 0 Å². The van der Waals surface area contributed by atoms with Crippen molar-refractivity contribution in [2.75, 3.05) is 0 Å². The zero-order valence-corrected chi connectivity index (χ0v) is 6.91. The van der Waals surface area contributed by atoms with Crippen LogP contribution in [0, 0.1) is 0 Å². The fraction of sp³-hybridized carbons (Fsp3) is 1.00. The topological polar surface area (TPSA) is 40.5 Å². The minimum absolute atomic E-state index is 0. The van der Waals surface area contributed by atoms with Gasteiger partial charge in [0.2, 0.25) is 0 Å². The van der Waals surface area contributed by atoms with Crippen molar-refractivity contribution in [3.05, 3.63) is 0 Å². The van der Waals surface area contributed by atoms with Crippen molar-refractivity contribution in [1.82, 2.24) is 0 Å². The van der Waals surface area contributed by atoms with E-state index in [-0.39, 0.29) is 39.4 Å². The summed E-state index contributed by atoms with van der Waals surface area (Å²) in [6.07, 6.45) is 0.215. The Labute approximate surface area is 75.7 Å². The van der Waals surface area contributed by atoms with Gasteiger partial charge < -0.3 is 10.2 Å². The zero-order chi connectivity index (χ0) is 4.99. The number of hydrogen-bond donors (Lipinski definition) is 2. The van der Waals surface area contributed by atoms with Crippen LogP contribution in [0.3, 0.4) is 0 Å². The standard InChI is InChI=1S/C4H10O2.Ag.Cu/c1-2-3-4(5)6;;/h4-6H,2-3H2,1H3;;. The van der Waals surface area contributed by atoms with Crippen LogP contribution in [0.2, 0.25) is 0 Å². The molecule has 0 aliphatic carbocycles. The minimum Gasteiger partial charge on any atom is -0.368 e. The zero-order valence-electron chi connectivity index (χ0n) is 4.49. The summed E-state index contributed by atoms with van der Waals surface area (Å²) in [5, 5.41) is 16.2. The molecule has 0 heterocycles. The van der Waals surface area contributed by atoms with E-state index in [4.69, 9.17) is 10.2 Å². The fourth-order valence-electron chi connectivity index (χ4n) is 0.258. The molecule has 4 heteroatoms. The van der Waals surface area contributed by atoms with E-state index in [0.29, 0.717) is 6.42 Å².